The molecule has 1 aliphatic rings. The van der Waals surface area contributed by atoms with E-state index in [4.69, 9.17) is 4.74 Å². The lowest BCUT2D eigenvalue weighted by molar-refractivity contribution is 0.346. The van der Waals surface area contributed by atoms with Crippen LogP contribution >= 0.6 is 11.8 Å². The van der Waals surface area contributed by atoms with Crippen LogP contribution < -0.4 is 4.74 Å². The summed E-state index contributed by atoms with van der Waals surface area (Å²) in [4.78, 5) is 1.19. The lowest BCUT2D eigenvalue weighted by Gasteiger charge is -1.98. The smallest absolute Gasteiger partial charge is 0.210 e. The molecular weight excluding hydrogens is 168 g/mol. The van der Waals surface area contributed by atoms with Crippen LogP contribution in [0.3, 0.4) is 0 Å². The van der Waals surface area contributed by atoms with Crippen molar-refractivity contribution in [2.45, 2.75) is 17.3 Å². The Labute approximate surface area is 76.1 Å². The fourth-order valence-electron chi connectivity index (χ4n) is 1.08. The first-order valence-electron chi connectivity index (χ1n) is 3.75. The van der Waals surface area contributed by atoms with Gasteiger partial charge in [0, 0.05) is 0 Å². The zero-order chi connectivity index (χ0) is 8.39. The molecule has 1 aromatic carbocycles. The zero-order valence-corrected chi connectivity index (χ0v) is 7.52. The van der Waals surface area contributed by atoms with Gasteiger partial charge in [0.15, 0.2) is 0 Å². The summed E-state index contributed by atoms with van der Waals surface area (Å²) < 4.78 is 5.54. The Hall–Kier alpha value is -1.07. The number of fused-ring (bicyclic) bond motifs is 1. The van der Waals surface area contributed by atoms with Gasteiger partial charge in [0.25, 0.3) is 0 Å². The van der Waals surface area contributed by atoms with E-state index in [0.717, 1.165) is 5.75 Å². The Bertz CT molecular complexity index is 323. The van der Waals surface area contributed by atoms with E-state index in [-0.39, 0.29) is 5.44 Å². The van der Waals surface area contributed by atoms with Crippen molar-refractivity contribution >= 4 is 11.8 Å². The highest BCUT2D eigenvalue weighted by atomic mass is 32.2. The molecule has 60 valence electrons. The molecule has 2 heteroatoms. The van der Waals surface area contributed by atoms with Crippen molar-refractivity contribution in [2.75, 3.05) is 0 Å². The second-order valence-corrected chi connectivity index (χ2v) is 3.51. The van der Waals surface area contributed by atoms with Gasteiger partial charge in [0.1, 0.15) is 5.75 Å². The number of benzene rings is 1. The lowest BCUT2D eigenvalue weighted by Crippen LogP contribution is -2.01. The maximum absolute atomic E-state index is 5.54. The van der Waals surface area contributed by atoms with Gasteiger partial charge in [-0.25, -0.2) is 0 Å². The second-order valence-electron chi connectivity index (χ2n) is 2.41. The van der Waals surface area contributed by atoms with Gasteiger partial charge in [-0.1, -0.05) is 23.9 Å². The Morgan fingerprint density at radius 2 is 2.25 bits per heavy atom. The van der Waals surface area contributed by atoms with Crippen molar-refractivity contribution in [1.82, 2.24) is 0 Å². The summed E-state index contributed by atoms with van der Waals surface area (Å²) in [5, 5.41) is 0. The van der Waals surface area contributed by atoms with Crippen LogP contribution in [0.4, 0.5) is 0 Å². The number of rotatable bonds is 0. The SMILES string of the molecule is CC#CC1Oc2ccccc2S1. The zero-order valence-electron chi connectivity index (χ0n) is 6.70. The maximum Gasteiger partial charge on any atom is 0.210 e. The summed E-state index contributed by atoms with van der Waals surface area (Å²) in [6.07, 6.45) is 0. The topological polar surface area (TPSA) is 9.23 Å². The van der Waals surface area contributed by atoms with E-state index in [9.17, 15) is 0 Å². The number of hydrogen-bond donors (Lipinski definition) is 0. The highest BCUT2D eigenvalue weighted by molar-refractivity contribution is 8.00. The van der Waals surface area contributed by atoms with Crippen LogP contribution in [-0.2, 0) is 0 Å². The van der Waals surface area contributed by atoms with Gasteiger partial charge in [0.05, 0.1) is 4.90 Å². The molecule has 1 nitrogen and oxygen atoms in total. The van der Waals surface area contributed by atoms with Crippen LogP contribution in [-0.4, -0.2) is 5.44 Å². The quantitative estimate of drug-likeness (QED) is 0.562. The molecule has 0 N–H and O–H groups in total. The first-order valence-corrected chi connectivity index (χ1v) is 4.63. The molecule has 1 atom stereocenters. The van der Waals surface area contributed by atoms with Gasteiger partial charge >= 0.3 is 0 Å². The Balaban J connectivity index is 2.25. The van der Waals surface area contributed by atoms with Crippen LogP contribution in [0.1, 0.15) is 6.92 Å². The molecule has 0 fully saturated rings. The number of para-hydroxylation sites is 1. The standard InChI is InChI=1S/C10H8OS/c1-2-5-10-11-8-6-3-4-7-9(8)12-10/h3-4,6-7,10H,1H3. The maximum atomic E-state index is 5.54. The third-order valence-corrected chi connectivity index (χ3v) is 2.60. The van der Waals surface area contributed by atoms with E-state index < -0.39 is 0 Å². The summed E-state index contributed by atoms with van der Waals surface area (Å²) in [6, 6.07) is 8.01. The molecule has 1 unspecified atom stereocenters. The Kier molecular flexibility index (Phi) is 1.97. The first kappa shape index (κ1) is 7.57. The van der Waals surface area contributed by atoms with Gasteiger partial charge < -0.3 is 4.74 Å². The largest absolute Gasteiger partial charge is 0.466 e. The van der Waals surface area contributed by atoms with Crippen LogP contribution in [0, 0.1) is 11.8 Å². The average molecular weight is 176 g/mol. The van der Waals surface area contributed by atoms with Gasteiger partial charge in [-0.2, -0.15) is 0 Å². The van der Waals surface area contributed by atoms with Crippen LogP contribution in [0.25, 0.3) is 0 Å². The van der Waals surface area contributed by atoms with Crippen LogP contribution in [0.15, 0.2) is 29.2 Å². The fourth-order valence-corrected chi connectivity index (χ4v) is 2.02. The predicted molar refractivity (Wildman–Crippen MR) is 50.2 cm³/mol. The normalized spacial score (nSPS) is 18.9. The molecule has 0 radical (unpaired) electrons. The van der Waals surface area contributed by atoms with Crippen molar-refractivity contribution in [3.63, 3.8) is 0 Å². The second kappa shape index (κ2) is 3.12. The van der Waals surface area contributed by atoms with Gasteiger partial charge in [-0.15, -0.1) is 5.92 Å². The van der Waals surface area contributed by atoms with Crippen molar-refractivity contribution < 1.29 is 4.74 Å². The molecule has 0 saturated heterocycles. The molecule has 0 saturated carbocycles. The van der Waals surface area contributed by atoms with Crippen molar-refractivity contribution in [1.29, 1.82) is 0 Å². The van der Waals surface area contributed by atoms with Gasteiger partial charge in [-0.05, 0) is 25.0 Å². The molecule has 1 aromatic rings. The Morgan fingerprint density at radius 3 is 3.00 bits per heavy atom. The molecule has 0 aliphatic carbocycles. The number of ether oxygens (including phenoxy) is 1. The van der Waals surface area contributed by atoms with Crippen LogP contribution in [0.2, 0.25) is 0 Å². The summed E-state index contributed by atoms with van der Waals surface area (Å²) in [6.45, 7) is 1.83. The minimum atomic E-state index is -0.00704. The molecular formula is C10H8OS. The predicted octanol–water partition coefficient (Wildman–Crippen LogP) is 2.52. The van der Waals surface area contributed by atoms with E-state index in [1.807, 2.05) is 25.1 Å². The van der Waals surface area contributed by atoms with Gasteiger partial charge in [0.2, 0.25) is 5.44 Å². The molecule has 0 aromatic heterocycles. The van der Waals surface area contributed by atoms with E-state index in [2.05, 4.69) is 17.9 Å². The first-order chi connectivity index (χ1) is 5.90. The summed E-state index contributed by atoms with van der Waals surface area (Å²) in [7, 11) is 0. The third-order valence-electron chi connectivity index (χ3n) is 1.58. The van der Waals surface area contributed by atoms with Crippen molar-refractivity contribution in [3.05, 3.63) is 24.3 Å². The minimum Gasteiger partial charge on any atom is -0.466 e. The molecule has 1 aliphatic heterocycles. The molecule has 0 bridgehead atoms. The van der Waals surface area contributed by atoms with E-state index in [1.165, 1.54) is 4.90 Å². The highest BCUT2D eigenvalue weighted by Gasteiger charge is 2.20. The van der Waals surface area contributed by atoms with Crippen molar-refractivity contribution in [2.24, 2.45) is 0 Å². The third kappa shape index (κ3) is 1.28. The summed E-state index contributed by atoms with van der Waals surface area (Å²) >= 11 is 1.66. The molecule has 1 heterocycles. The lowest BCUT2D eigenvalue weighted by atomic mass is 10.3. The minimum absolute atomic E-state index is 0.00704. The van der Waals surface area contributed by atoms with Gasteiger partial charge in [-0.3, -0.25) is 0 Å². The van der Waals surface area contributed by atoms with E-state index in [1.54, 1.807) is 11.8 Å². The van der Waals surface area contributed by atoms with Crippen LogP contribution in [0.5, 0.6) is 5.75 Å². The number of hydrogen-bond acceptors (Lipinski definition) is 2. The highest BCUT2D eigenvalue weighted by Crippen LogP contribution is 2.39. The number of thioether (sulfide) groups is 1. The van der Waals surface area contributed by atoms with E-state index >= 15 is 0 Å². The molecule has 0 amide bonds. The Morgan fingerprint density at radius 1 is 1.42 bits per heavy atom. The fraction of sp³-hybridized carbons (Fsp3) is 0.200. The molecule has 2 rings (SSSR count). The van der Waals surface area contributed by atoms with Crippen molar-refractivity contribution in [3.8, 4) is 17.6 Å². The molecule has 12 heavy (non-hydrogen) atoms. The summed E-state index contributed by atoms with van der Waals surface area (Å²) in [5.41, 5.74) is -0.00704. The monoisotopic (exact) mass is 176 g/mol. The average Bonchev–Trinajstić information content (AvgIpc) is 2.47. The molecule has 0 spiro atoms. The van der Waals surface area contributed by atoms with E-state index in [0.29, 0.717) is 0 Å². The summed E-state index contributed by atoms with van der Waals surface area (Å²) in [5.74, 6) is 6.78.